The lowest BCUT2D eigenvalue weighted by atomic mass is 10.0. The van der Waals surface area contributed by atoms with E-state index in [-0.39, 0.29) is 11.3 Å². The van der Waals surface area contributed by atoms with E-state index in [9.17, 15) is 4.39 Å². The number of oxime groups is 1. The molecule has 0 bridgehead atoms. The van der Waals surface area contributed by atoms with Crippen LogP contribution in [0, 0.1) is 5.82 Å². The molecule has 0 aliphatic heterocycles. The van der Waals surface area contributed by atoms with E-state index in [0.717, 1.165) is 0 Å². The Morgan fingerprint density at radius 1 is 1.11 bits per heavy atom. The summed E-state index contributed by atoms with van der Waals surface area (Å²) in [6, 6.07) is 11.6. The van der Waals surface area contributed by atoms with Gasteiger partial charge in [-0.15, -0.1) is 0 Å². The SMILES string of the molecule is O/N=C(/c1ccccc1Cl)c1cccc(Br)c1F. The van der Waals surface area contributed by atoms with E-state index in [1.807, 2.05) is 0 Å². The molecule has 5 heteroatoms. The predicted molar refractivity (Wildman–Crippen MR) is 73.0 cm³/mol. The van der Waals surface area contributed by atoms with Crippen LogP contribution in [0.2, 0.25) is 5.02 Å². The second-order valence-corrected chi connectivity index (χ2v) is 4.79. The van der Waals surface area contributed by atoms with E-state index in [2.05, 4.69) is 21.1 Å². The van der Waals surface area contributed by atoms with Crippen LogP contribution in [0.15, 0.2) is 52.1 Å². The van der Waals surface area contributed by atoms with Crippen LogP contribution in [0.5, 0.6) is 0 Å². The highest BCUT2D eigenvalue weighted by atomic mass is 79.9. The van der Waals surface area contributed by atoms with Gasteiger partial charge in [0.1, 0.15) is 11.5 Å². The monoisotopic (exact) mass is 327 g/mol. The third-order valence-corrected chi connectivity index (χ3v) is 3.38. The van der Waals surface area contributed by atoms with Crippen molar-refractivity contribution < 1.29 is 9.60 Å². The fourth-order valence-electron chi connectivity index (χ4n) is 1.59. The second-order valence-electron chi connectivity index (χ2n) is 3.53. The summed E-state index contributed by atoms with van der Waals surface area (Å²) in [6.45, 7) is 0. The van der Waals surface area contributed by atoms with Crippen molar-refractivity contribution in [2.45, 2.75) is 0 Å². The third-order valence-electron chi connectivity index (χ3n) is 2.44. The van der Waals surface area contributed by atoms with Gasteiger partial charge in [0.2, 0.25) is 0 Å². The van der Waals surface area contributed by atoms with Gasteiger partial charge in [-0.05, 0) is 34.1 Å². The molecule has 0 aliphatic carbocycles. The molecule has 2 aromatic rings. The molecular weight excluding hydrogens is 321 g/mol. The van der Waals surface area contributed by atoms with Crippen molar-refractivity contribution in [3.8, 4) is 0 Å². The Labute approximate surface area is 117 Å². The van der Waals surface area contributed by atoms with Gasteiger partial charge < -0.3 is 5.21 Å². The van der Waals surface area contributed by atoms with Gasteiger partial charge in [0.15, 0.2) is 0 Å². The van der Waals surface area contributed by atoms with Gasteiger partial charge in [0, 0.05) is 11.1 Å². The minimum Gasteiger partial charge on any atom is -0.410 e. The zero-order chi connectivity index (χ0) is 13.1. The van der Waals surface area contributed by atoms with E-state index in [1.54, 1.807) is 36.4 Å². The van der Waals surface area contributed by atoms with Crippen LogP contribution < -0.4 is 0 Å². The highest BCUT2D eigenvalue weighted by molar-refractivity contribution is 9.10. The van der Waals surface area contributed by atoms with Crippen molar-refractivity contribution in [3.63, 3.8) is 0 Å². The molecular formula is C13H8BrClFNO. The van der Waals surface area contributed by atoms with Crippen molar-refractivity contribution in [2.75, 3.05) is 0 Å². The largest absolute Gasteiger partial charge is 0.410 e. The Morgan fingerprint density at radius 3 is 2.44 bits per heavy atom. The van der Waals surface area contributed by atoms with Crippen molar-refractivity contribution in [1.29, 1.82) is 0 Å². The molecule has 0 amide bonds. The molecule has 0 atom stereocenters. The first-order chi connectivity index (χ1) is 8.65. The molecule has 18 heavy (non-hydrogen) atoms. The van der Waals surface area contributed by atoms with Crippen molar-refractivity contribution >= 4 is 33.2 Å². The number of rotatable bonds is 2. The molecule has 1 N–H and O–H groups in total. The molecule has 0 fully saturated rings. The maximum Gasteiger partial charge on any atom is 0.146 e. The molecule has 0 unspecified atom stereocenters. The summed E-state index contributed by atoms with van der Waals surface area (Å²) in [5, 5.41) is 12.7. The van der Waals surface area contributed by atoms with E-state index < -0.39 is 5.82 Å². The number of benzene rings is 2. The smallest absolute Gasteiger partial charge is 0.146 e. The van der Waals surface area contributed by atoms with Gasteiger partial charge in [-0.1, -0.05) is 41.0 Å². The highest BCUT2D eigenvalue weighted by Crippen LogP contribution is 2.24. The maximum atomic E-state index is 14.0. The van der Waals surface area contributed by atoms with Gasteiger partial charge in [-0.2, -0.15) is 0 Å². The summed E-state index contributed by atoms with van der Waals surface area (Å²) in [4.78, 5) is 0. The minimum atomic E-state index is -0.495. The van der Waals surface area contributed by atoms with Crippen LogP contribution in [0.1, 0.15) is 11.1 Å². The normalized spacial score (nSPS) is 11.6. The fourth-order valence-corrected chi connectivity index (χ4v) is 2.18. The number of nitrogens with zero attached hydrogens (tertiary/aromatic N) is 1. The molecule has 0 heterocycles. The molecule has 2 aromatic carbocycles. The lowest BCUT2D eigenvalue weighted by Gasteiger charge is -2.08. The first-order valence-corrected chi connectivity index (χ1v) is 6.23. The summed E-state index contributed by atoms with van der Waals surface area (Å²) in [5.74, 6) is -0.495. The van der Waals surface area contributed by atoms with E-state index in [4.69, 9.17) is 16.8 Å². The topological polar surface area (TPSA) is 32.6 Å². The molecule has 0 aliphatic rings. The maximum absolute atomic E-state index is 14.0. The van der Waals surface area contributed by atoms with E-state index in [1.165, 1.54) is 6.07 Å². The minimum absolute atomic E-state index is 0.0967. The molecule has 0 radical (unpaired) electrons. The second kappa shape index (κ2) is 5.50. The summed E-state index contributed by atoms with van der Waals surface area (Å²) in [6.07, 6.45) is 0. The van der Waals surface area contributed by atoms with Crippen molar-refractivity contribution in [1.82, 2.24) is 0 Å². The van der Waals surface area contributed by atoms with E-state index >= 15 is 0 Å². The lowest BCUT2D eigenvalue weighted by Crippen LogP contribution is -2.07. The molecule has 0 saturated carbocycles. The van der Waals surface area contributed by atoms with Crippen LogP contribution in [0.3, 0.4) is 0 Å². The first kappa shape index (κ1) is 13.1. The van der Waals surface area contributed by atoms with Crippen LogP contribution >= 0.6 is 27.5 Å². The Hall–Kier alpha value is -1.39. The Morgan fingerprint density at radius 2 is 1.78 bits per heavy atom. The standard InChI is InChI=1S/C13H8BrClFNO/c14-10-6-3-5-9(12(10)16)13(17-18)8-4-1-2-7-11(8)15/h1-7,18H/b17-13-. The summed E-state index contributed by atoms with van der Waals surface area (Å²) in [5.41, 5.74) is 0.748. The van der Waals surface area contributed by atoms with E-state index in [0.29, 0.717) is 15.1 Å². The van der Waals surface area contributed by atoms with Crippen LogP contribution in [0.4, 0.5) is 4.39 Å². The van der Waals surface area contributed by atoms with Crippen LogP contribution in [-0.4, -0.2) is 10.9 Å². The van der Waals surface area contributed by atoms with Gasteiger partial charge in [-0.25, -0.2) is 4.39 Å². The molecule has 92 valence electrons. The van der Waals surface area contributed by atoms with Crippen LogP contribution in [-0.2, 0) is 0 Å². The quantitative estimate of drug-likeness (QED) is 0.492. The van der Waals surface area contributed by atoms with Gasteiger partial charge in [0.05, 0.1) is 9.50 Å². The molecule has 2 rings (SSSR count). The van der Waals surface area contributed by atoms with Gasteiger partial charge >= 0.3 is 0 Å². The van der Waals surface area contributed by atoms with Crippen molar-refractivity contribution in [2.24, 2.45) is 5.16 Å². The number of hydrogen-bond acceptors (Lipinski definition) is 2. The molecule has 0 spiro atoms. The number of halogens is 3. The fraction of sp³-hybridized carbons (Fsp3) is 0. The zero-order valence-corrected chi connectivity index (χ0v) is 11.4. The summed E-state index contributed by atoms with van der Waals surface area (Å²) < 4.78 is 14.3. The lowest BCUT2D eigenvalue weighted by molar-refractivity contribution is 0.319. The van der Waals surface area contributed by atoms with Gasteiger partial charge in [0.25, 0.3) is 0 Å². The molecule has 2 nitrogen and oxygen atoms in total. The Balaban J connectivity index is 2.61. The van der Waals surface area contributed by atoms with Crippen LogP contribution in [0.25, 0.3) is 0 Å². The average Bonchev–Trinajstić information content (AvgIpc) is 2.37. The predicted octanol–water partition coefficient (Wildman–Crippen LogP) is 4.47. The summed E-state index contributed by atoms with van der Waals surface area (Å²) in [7, 11) is 0. The Bertz CT molecular complexity index is 616. The highest BCUT2D eigenvalue weighted by Gasteiger charge is 2.16. The average molecular weight is 329 g/mol. The summed E-state index contributed by atoms with van der Waals surface area (Å²) >= 11 is 9.10. The van der Waals surface area contributed by atoms with Crippen molar-refractivity contribution in [3.05, 3.63) is 68.9 Å². The first-order valence-electron chi connectivity index (χ1n) is 5.06. The Kier molecular flexibility index (Phi) is 3.99. The zero-order valence-electron chi connectivity index (χ0n) is 9.07. The molecule has 0 aromatic heterocycles. The number of hydrogen-bond donors (Lipinski definition) is 1. The molecule has 0 saturated heterocycles. The van der Waals surface area contributed by atoms with Gasteiger partial charge in [-0.3, -0.25) is 0 Å². The third kappa shape index (κ3) is 2.40.